The van der Waals surface area contributed by atoms with Gasteiger partial charge in [0.1, 0.15) is 0 Å². The first-order valence-corrected chi connectivity index (χ1v) is 6.56. The number of hydrogen-bond acceptors (Lipinski definition) is 3. The van der Waals surface area contributed by atoms with Crippen LogP contribution >= 0.6 is 0 Å². The minimum atomic E-state index is -0.0101. The fourth-order valence-electron chi connectivity index (χ4n) is 2.46. The van der Waals surface area contributed by atoms with Crippen LogP contribution in [0.3, 0.4) is 0 Å². The van der Waals surface area contributed by atoms with E-state index in [1.54, 1.807) is 0 Å². The monoisotopic (exact) mass is 237 g/mol. The molecular weight excluding hydrogens is 214 g/mol. The summed E-state index contributed by atoms with van der Waals surface area (Å²) in [5.74, 6) is 1.55. The van der Waals surface area contributed by atoms with E-state index < -0.39 is 0 Å². The molecule has 0 saturated heterocycles. The van der Waals surface area contributed by atoms with Crippen molar-refractivity contribution in [2.24, 2.45) is 11.8 Å². The molecule has 0 heterocycles. The third-order valence-electron chi connectivity index (χ3n) is 3.32. The van der Waals surface area contributed by atoms with Crippen molar-refractivity contribution in [2.45, 2.75) is 39.0 Å². The van der Waals surface area contributed by atoms with Gasteiger partial charge in [-0.25, -0.2) is 0 Å². The molecule has 0 spiro atoms. The summed E-state index contributed by atoms with van der Waals surface area (Å²) >= 11 is 0. The Morgan fingerprint density at radius 1 is 1.47 bits per heavy atom. The van der Waals surface area contributed by atoms with Gasteiger partial charge in [-0.05, 0) is 31.2 Å². The molecule has 17 heavy (non-hydrogen) atoms. The fraction of sp³-hybridized carbons (Fsp3) is 0.846. The number of hydrogen-bond donors (Lipinski definition) is 2. The Morgan fingerprint density at radius 2 is 2.29 bits per heavy atom. The molecule has 1 amide bonds. The van der Waals surface area contributed by atoms with Gasteiger partial charge in [-0.1, -0.05) is 19.8 Å². The highest BCUT2D eigenvalue weighted by Gasteiger charge is 2.18. The zero-order valence-electron chi connectivity index (χ0n) is 10.7. The molecule has 4 nitrogen and oxygen atoms in total. The third kappa shape index (κ3) is 6.28. The molecule has 4 heteroatoms. The van der Waals surface area contributed by atoms with E-state index in [1.807, 2.05) is 6.07 Å². The molecule has 96 valence electrons. The van der Waals surface area contributed by atoms with Crippen molar-refractivity contribution in [1.82, 2.24) is 10.6 Å². The number of rotatable bonds is 6. The van der Waals surface area contributed by atoms with Gasteiger partial charge in [0.05, 0.1) is 19.0 Å². The van der Waals surface area contributed by atoms with E-state index >= 15 is 0 Å². The van der Waals surface area contributed by atoms with Gasteiger partial charge >= 0.3 is 0 Å². The fourth-order valence-corrected chi connectivity index (χ4v) is 2.46. The number of nitrogens with zero attached hydrogens (tertiary/aromatic N) is 1. The van der Waals surface area contributed by atoms with Crippen LogP contribution in [0.2, 0.25) is 0 Å². The third-order valence-corrected chi connectivity index (χ3v) is 3.32. The van der Waals surface area contributed by atoms with E-state index in [0.29, 0.717) is 19.5 Å². The lowest BCUT2D eigenvalue weighted by atomic mass is 9.82. The lowest BCUT2D eigenvalue weighted by Crippen LogP contribution is -2.37. The Morgan fingerprint density at radius 3 is 3.00 bits per heavy atom. The summed E-state index contributed by atoms with van der Waals surface area (Å²) < 4.78 is 0. The van der Waals surface area contributed by atoms with Crippen LogP contribution in [0.15, 0.2) is 0 Å². The molecule has 0 aromatic heterocycles. The first-order chi connectivity index (χ1) is 8.22. The molecule has 2 N–H and O–H groups in total. The van der Waals surface area contributed by atoms with Crippen LogP contribution in [-0.4, -0.2) is 25.5 Å². The van der Waals surface area contributed by atoms with Crippen LogP contribution in [0.5, 0.6) is 0 Å². The van der Waals surface area contributed by atoms with E-state index in [1.165, 1.54) is 25.7 Å². The number of nitriles is 1. The molecule has 0 bridgehead atoms. The van der Waals surface area contributed by atoms with E-state index in [0.717, 1.165) is 18.4 Å². The van der Waals surface area contributed by atoms with E-state index in [4.69, 9.17) is 5.26 Å². The van der Waals surface area contributed by atoms with Gasteiger partial charge in [0.2, 0.25) is 5.91 Å². The number of amides is 1. The zero-order chi connectivity index (χ0) is 12.5. The average molecular weight is 237 g/mol. The van der Waals surface area contributed by atoms with Crippen molar-refractivity contribution in [3.05, 3.63) is 0 Å². The van der Waals surface area contributed by atoms with E-state index in [-0.39, 0.29) is 5.91 Å². The Bertz CT molecular complexity index is 272. The summed E-state index contributed by atoms with van der Waals surface area (Å²) in [5, 5.41) is 14.2. The van der Waals surface area contributed by atoms with Gasteiger partial charge in [0.15, 0.2) is 0 Å². The quantitative estimate of drug-likeness (QED) is 0.687. The molecule has 0 aliphatic heterocycles. The van der Waals surface area contributed by atoms with Crippen molar-refractivity contribution in [2.75, 3.05) is 19.6 Å². The summed E-state index contributed by atoms with van der Waals surface area (Å²) in [6.07, 6.45) is 5.62. The zero-order valence-corrected chi connectivity index (χ0v) is 10.7. The highest BCUT2D eigenvalue weighted by Crippen LogP contribution is 2.27. The number of nitrogens with one attached hydrogen (secondary N) is 2. The second kappa shape index (κ2) is 8.08. The minimum Gasteiger partial charge on any atom is -0.354 e. The average Bonchev–Trinajstić information content (AvgIpc) is 2.29. The second-order valence-corrected chi connectivity index (χ2v) is 5.03. The summed E-state index contributed by atoms with van der Waals surface area (Å²) in [4.78, 5) is 11.3. The summed E-state index contributed by atoms with van der Waals surface area (Å²) in [6, 6.07) is 2.00. The van der Waals surface area contributed by atoms with Crippen LogP contribution in [0.25, 0.3) is 0 Å². The molecular formula is C13H23N3O. The Hall–Kier alpha value is -1.08. The predicted octanol–water partition coefficient (Wildman–Crippen LogP) is 1.43. The van der Waals surface area contributed by atoms with Crippen molar-refractivity contribution in [3.8, 4) is 6.07 Å². The summed E-state index contributed by atoms with van der Waals surface area (Å²) in [7, 11) is 0. The lowest BCUT2D eigenvalue weighted by Gasteiger charge is -2.26. The maximum atomic E-state index is 11.3. The Balaban J connectivity index is 2.03. The number of carbonyl (C=O) groups excluding carboxylic acids is 1. The molecule has 1 rings (SSSR count). The molecule has 1 aliphatic rings. The summed E-state index contributed by atoms with van der Waals surface area (Å²) in [5.41, 5.74) is 0. The molecule has 0 aromatic carbocycles. The van der Waals surface area contributed by atoms with Gasteiger partial charge in [-0.15, -0.1) is 0 Å². The van der Waals surface area contributed by atoms with E-state index in [2.05, 4.69) is 17.6 Å². The van der Waals surface area contributed by atoms with Crippen LogP contribution in [0.1, 0.15) is 39.0 Å². The van der Waals surface area contributed by atoms with Crippen LogP contribution in [0, 0.1) is 23.2 Å². The molecule has 2 atom stereocenters. The van der Waals surface area contributed by atoms with Crippen LogP contribution in [-0.2, 0) is 4.79 Å². The molecule has 0 radical (unpaired) electrons. The van der Waals surface area contributed by atoms with Crippen molar-refractivity contribution >= 4 is 5.91 Å². The van der Waals surface area contributed by atoms with Crippen LogP contribution in [0.4, 0.5) is 0 Å². The Labute approximate surface area is 104 Å². The smallest absolute Gasteiger partial charge is 0.233 e. The van der Waals surface area contributed by atoms with Gasteiger partial charge in [-0.3, -0.25) is 4.79 Å². The highest BCUT2D eigenvalue weighted by molar-refractivity contribution is 5.77. The lowest BCUT2D eigenvalue weighted by molar-refractivity contribution is -0.120. The van der Waals surface area contributed by atoms with E-state index in [9.17, 15) is 4.79 Å². The largest absolute Gasteiger partial charge is 0.354 e. The van der Waals surface area contributed by atoms with Gasteiger partial charge < -0.3 is 10.6 Å². The van der Waals surface area contributed by atoms with Gasteiger partial charge in [0, 0.05) is 6.54 Å². The Kier molecular flexibility index (Phi) is 6.64. The highest BCUT2D eigenvalue weighted by atomic mass is 16.1. The summed E-state index contributed by atoms with van der Waals surface area (Å²) in [6.45, 7) is 4.07. The molecule has 1 aliphatic carbocycles. The SMILES string of the molecule is CC1CCCC(CNCC(=O)NCCC#N)C1. The van der Waals surface area contributed by atoms with Crippen molar-refractivity contribution < 1.29 is 4.79 Å². The molecule has 0 aromatic rings. The van der Waals surface area contributed by atoms with Crippen molar-refractivity contribution in [1.29, 1.82) is 5.26 Å². The first-order valence-electron chi connectivity index (χ1n) is 6.56. The van der Waals surface area contributed by atoms with Crippen LogP contribution < -0.4 is 10.6 Å². The second-order valence-electron chi connectivity index (χ2n) is 5.03. The first kappa shape index (κ1) is 14.0. The topological polar surface area (TPSA) is 64.9 Å². The predicted molar refractivity (Wildman–Crippen MR) is 67.2 cm³/mol. The number of carbonyl (C=O) groups is 1. The maximum absolute atomic E-state index is 11.3. The maximum Gasteiger partial charge on any atom is 0.233 e. The van der Waals surface area contributed by atoms with Gasteiger partial charge in [-0.2, -0.15) is 5.26 Å². The van der Waals surface area contributed by atoms with Gasteiger partial charge in [0.25, 0.3) is 0 Å². The molecule has 1 fully saturated rings. The minimum absolute atomic E-state index is 0.0101. The normalized spacial score (nSPS) is 24.0. The molecule has 1 saturated carbocycles. The standard InChI is InChI=1S/C13H23N3O/c1-11-4-2-5-12(8-11)9-15-10-13(17)16-7-3-6-14/h11-12,15H,2-5,7-10H2,1H3,(H,16,17). The van der Waals surface area contributed by atoms with Crippen molar-refractivity contribution in [3.63, 3.8) is 0 Å². The molecule has 2 unspecified atom stereocenters.